The van der Waals surface area contributed by atoms with Gasteiger partial charge in [0.2, 0.25) is 5.79 Å². The van der Waals surface area contributed by atoms with Gasteiger partial charge in [0.25, 0.3) is 0 Å². The van der Waals surface area contributed by atoms with Gasteiger partial charge in [0.1, 0.15) is 0 Å². The van der Waals surface area contributed by atoms with Gasteiger partial charge in [-0.1, -0.05) is 43.3 Å². The average Bonchev–Trinajstić information content (AvgIpc) is 3.15. The Hall–Kier alpha value is -1.84. The average molecular weight is 482 g/mol. The molecule has 4 aliphatic heterocycles. The molecule has 2 bridgehead atoms. The van der Waals surface area contributed by atoms with Crippen LogP contribution in [0.1, 0.15) is 57.7 Å². The smallest absolute Gasteiger partial charge is 0.201 e. The Morgan fingerprint density at radius 1 is 1.09 bits per heavy atom. The number of benzene rings is 1. The van der Waals surface area contributed by atoms with E-state index in [1.807, 2.05) is 11.6 Å². The predicted molar refractivity (Wildman–Crippen MR) is 126 cm³/mol. The first kappa shape index (κ1) is 22.4. The third kappa shape index (κ3) is 3.30. The molecule has 0 radical (unpaired) electrons. The molecular formula is C27H35N3O5. The number of aromatic nitrogens is 3. The van der Waals surface area contributed by atoms with Gasteiger partial charge < -0.3 is 14.2 Å². The topological polar surface area (TPSA) is 76.9 Å². The summed E-state index contributed by atoms with van der Waals surface area (Å²) in [5.74, 6) is 0.578. The number of fused-ring (bicyclic) bond motifs is 5. The summed E-state index contributed by atoms with van der Waals surface area (Å²) >= 11 is 0. The molecule has 1 aromatic carbocycles. The summed E-state index contributed by atoms with van der Waals surface area (Å²) in [4.78, 5) is 12.2. The van der Waals surface area contributed by atoms with Gasteiger partial charge in [-0.15, -0.1) is 5.10 Å². The molecule has 0 amide bonds. The van der Waals surface area contributed by atoms with Crippen LogP contribution >= 0.6 is 0 Å². The van der Waals surface area contributed by atoms with Crippen molar-refractivity contribution in [3.8, 4) is 11.3 Å². The van der Waals surface area contributed by atoms with Crippen molar-refractivity contribution in [2.24, 2.45) is 23.7 Å². The largest absolute Gasteiger partial charge is 0.350 e. The van der Waals surface area contributed by atoms with Crippen molar-refractivity contribution in [1.82, 2.24) is 15.0 Å². The number of ether oxygens (including phenoxy) is 3. The second kappa shape index (κ2) is 8.08. The van der Waals surface area contributed by atoms with Crippen LogP contribution in [-0.2, 0) is 43.4 Å². The molecule has 188 valence electrons. The van der Waals surface area contributed by atoms with Crippen LogP contribution in [0.2, 0.25) is 0 Å². The molecule has 8 rings (SSSR count). The van der Waals surface area contributed by atoms with Crippen molar-refractivity contribution < 1.29 is 24.0 Å². The molecule has 5 heterocycles. The van der Waals surface area contributed by atoms with Crippen LogP contribution in [0.15, 0.2) is 24.3 Å². The zero-order chi connectivity index (χ0) is 23.8. The fourth-order valence-electron chi connectivity index (χ4n) is 7.51. The van der Waals surface area contributed by atoms with Crippen molar-refractivity contribution in [1.29, 1.82) is 0 Å². The van der Waals surface area contributed by atoms with Crippen LogP contribution < -0.4 is 0 Å². The van der Waals surface area contributed by atoms with Gasteiger partial charge in [0.05, 0.1) is 24.5 Å². The second-order valence-electron chi connectivity index (χ2n) is 11.4. The summed E-state index contributed by atoms with van der Waals surface area (Å²) in [5.41, 5.74) is 4.24. The maximum Gasteiger partial charge on any atom is 0.201 e. The molecular weight excluding hydrogens is 446 g/mol. The number of hydrogen-bond donors (Lipinski definition) is 0. The number of nitrogens with zero attached hydrogens (tertiary/aromatic N) is 3. The molecule has 8 atom stereocenters. The molecule has 4 saturated heterocycles. The number of hydrogen-bond acceptors (Lipinski definition) is 7. The molecule has 1 saturated carbocycles. The van der Waals surface area contributed by atoms with Crippen LogP contribution in [0.5, 0.6) is 0 Å². The van der Waals surface area contributed by atoms with E-state index in [2.05, 4.69) is 48.4 Å². The fraction of sp³-hybridized carbons (Fsp3) is 0.704. The first-order valence-corrected chi connectivity index (χ1v) is 13.3. The zero-order valence-corrected chi connectivity index (χ0v) is 20.8. The summed E-state index contributed by atoms with van der Waals surface area (Å²) in [6.07, 6.45) is 5.21. The Bertz CT molecular complexity index is 1120. The minimum atomic E-state index is -0.768. The van der Waals surface area contributed by atoms with E-state index in [-0.39, 0.29) is 18.1 Å². The standard InChI is InChI=1S/C27H35N3O5/c1-16-8-10-21-17(2)24(32-25-27(21)20(16)12-13-26(3,33-25)34-35-27)31-15-14-30-23-19-7-5-4-6-18(19)9-11-22(23)28-29-30/h4-7,16-17,20-21,24-25H,8-15H2,1-3H3/t16-,17-,20+,21+,24?,25-,26-,27-/m1/s1. The van der Waals surface area contributed by atoms with Crippen molar-refractivity contribution in [3.63, 3.8) is 0 Å². The van der Waals surface area contributed by atoms with E-state index in [1.54, 1.807) is 0 Å². The van der Waals surface area contributed by atoms with Crippen molar-refractivity contribution >= 4 is 0 Å². The Labute approximate surface area is 206 Å². The first-order valence-electron chi connectivity index (χ1n) is 13.3. The lowest BCUT2D eigenvalue weighted by molar-refractivity contribution is -0.577. The van der Waals surface area contributed by atoms with Crippen molar-refractivity contribution in [2.75, 3.05) is 6.61 Å². The minimum Gasteiger partial charge on any atom is -0.350 e. The molecule has 8 heteroatoms. The maximum absolute atomic E-state index is 6.55. The summed E-state index contributed by atoms with van der Waals surface area (Å²) in [5, 5.41) is 8.92. The molecule has 0 N–H and O–H groups in total. The zero-order valence-electron chi connectivity index (χ0n) is 20.8. The van der Waals surface area contributed by atoms with Crippen LogP contribution in [-0.4, -0.2) is 45.6 Å². The van der Waals surface area contributed by atoms with Crippen LogP contribution in [0.25, 0.3) is 11.3 Å². The first-order chi connectivity index (χ1) is 17.0. The highest BCUT2D eigenvalue weighted by Crippen LogP contribution is 2.60. The molecule has 5 fully saturated rings. The molecule has 1 aromatic heterocycles. The van der Waals surface area contributed by atoms with E-state index in [9.17, 15) is 0 Å². The Morgan fingerprint density at radius 2 is 1.97 bits per heavy atom. The van der Waals surface area contributed by atoms with Gasteiger partial charge in [0, 0.05) is 23.8 Å². The molecule has 1 spiro atoms. The van der Waals surface area contributed by atoms with Gasteiger partial charge >= 0.3 is 0 Å². The van der Waals surface area contributed by atoms with E-state index in [0.717, 1.165) is 43.5 Å². The summed E-state index contributed by atoms with van der Waals surface area (Å²) < 4.78 is 21.4. The normalized spacial score (nSPS) is 41.6. The van der Waals surface area contributed by atoms with Crippen molar-refractivity contribution in [2.45, 2.75) is 89.8 Å². The van der Waals surface area contributed by atoms with Crippen LogP contribution in [0.4, 0.5) is 0 Å². The Morgan fingerprint density at radius 3 is 2.89 bits per heavy atom. The third-order valence-electron chi connectivity index (χ3n) is 9.39. The second-order valence-corrected chi connectivity index (χ2v) is 11.4. The lowest BCUT2D eigenvalue weighted by Crippen LogP contribution is -2.70. The van der Waals surface area contributed by atoms with Gasteiger partial charge in [-0.05, 0) is 56.4 Å². The molecule has 2 aliphatic carbocycles. The predicted octanol–water partition coefficient (Wildman–Crippen LogP) is 4.27. The number of rotatable bonds is 4. The van der Waals surface area contributed by atoms with E-state index < -0.39 is 17.7 Å². The monoisotopic (exact) mass is 481 g/mol. The van der Waals surface area contributed by atoms with E-state index in [4.69, 9.17) is 24.0 Å². The third-order valence-corrected chi connectivity index (χ3v) is 9.39. The van der Waals surface area contributed by atoms with E-state index in [0.29, 0.717) is 25.0 Å². The lowest BCUT2D eigenvalue weighted by Gasteiger charge is -2.60. The van der Waals surface area contributed by atoms with Gasteiger partial charge in [-0.2, -0.15) is 0 Å². The highest BCUT2D eigenvalue weighted by atomic mass is 17.3. The summed E-state index contributed by atoms with van der Waals surface area (Å²) in [6, 6.07) is 8.55. The minimum absolute atomic E-state index is 0.168. The Balaban J connectivity index is 1.10. The maximum atomic E-state index is 6.55. The quantitative estimate of drug-likeness (QED) is 0.604. The lowest BCUT2D eigenvalue weighted by atomic mass is 9.58. The van der Waals surface area contributed by atoms with Crippen LogP contribution in [0, 0.1) is 23.7 Å². The number of aryl methyl sites for hydroxylation is 2. The molecule has 2 aromatic rings. The highest BCUT2D eigenvalue weighted by molar-refractivity contribution is 5.68. The molecule has 1 unspecified atom stereocenters. The van der Waals surface area contributed by atoms with Crippen molar-refractivity contribution in [3.05, 3.63) is 35.5 Å². The van der Waals surface area contributed by atoms with E-state index >= 15 is 0 Å². The van der Waals surface area contributed by atoms with Gasteiger partial charge in [-0.3, -0.25) is 0 Å². The van der Waals surface area contributed by atoms with Crippen LogP contribution in [0.3, 0.4) is 0 Å². The van der Waals surface area contributed by atoms with Gasteiger partial charge in [0.15, 0.2) is 18.2 Å². The van der Waals surface area contributed by atoms with E-state index in [1.165, 1.54) is 17.5 Å². The molecule has 8 nitrogen and oxygen atoms in total. The SMILES string of the molecule is C[C@@H]1CC[C@H]2[C@@H](C)C(OCCn3nnc4c3-c3ccccc3CC4)O[C@@H]3O[C@@]4(C)CC[C@@H]1[C@]32OO4. The fourth-order valence-corrected chi connectivity index (χ4v) is 7.51. The van der Waals surface area contributed by atoms with Gasteiger partial charge in [-0.25, -0.2) is 14.5 Å². The highest BCUT2D eigenvalue weighted by Gasteiger charge is 2.69. The Kier molecular flexibility index (Phi) is 5.16. The summed E-state index contributed by atoms with van der Waals surface area (Å²) in [7, 11) is 0. The molecule has 6 aliphatic rings. The summed E-state index contributed by atoms with van der Waals surface area (Å²) in [6.45, 7) is 7.64. The molecule has 35 heavy (non-hydrogen) atoms.